The maximum absolute atomic E-state index is 12.0. The van der Waals surface area contributed by atoms with Crippen LogP contribution in [0.1, 0.15) is 36.8 Å². The molecule has 0 spiro atoms. The third kappa shape index (κ3) is 2.79. The van der Waals surface area contributed by atoms with Crippen molar-refractivity contribution in [3.63, 3.8) is 0 Å². The largest absolute Gasteiger partial charge is 0.348 e. The van der Waals surface area contributed by atoms with Crippen LogP contribution < -0.4 is 5.32 Å². The van der Waals surface area contributed by atoms with Crippen LogP contribution in [0.4, 0.5) is 5.13 Å². The number of aryl methyl sites for hydroxylation is 1. The molecule has 96 valence electrons. The number of nitrogens with one attached hydrogen (secondary N) is 1. The van der Waals surface area contributed by atoms with Gasteiger partial charge in [0.25, 0.3) is 5.91 Å². The first-order valence-electron chi connectivity index (χ1n) is 5.78. The molecule has 0 aliphatic carbocycles. The predicted molar refractivity (Wildman–Crippen MR) is 74.2 cm³/mol. The first-order chi connectivity index (χ1) is 8.36. The second kappa shape index (κ2) is 4.57. The number of thiazole rings is 1. The normalized spacial score (nSPS) is 11.6. The van der Waals surface area contributed by atoms with E-state index in [0.717, 1.165) is 5.69 Å². The maximum Gasteiger partial charge on any atom is 0.258 e. The van der Waals surface area contributed by atoms with Crippen LogP contribution in [0.3, 0.4) is 0 Å². The van der Waals surface area contributed by atoms with E-state index in [4.69, 9.17) is 0 Å². The van der Waals surface area contributed by atoms with Crippen molar-refractivity contribution in [1.82, 2.24) is 9.55 Å². The van der Waals surface area contributed by atoms with Crippen molar-refractivity contribution >= 4 is 22.4 Å². The molecule has 2 heterocycles. The van der Waals surface area contributed by atoms with Gasteiger partial charge in [-0.15, -0.1) is 11.3 Å². The van der Waals surface area contributed by atoms with Crippen molar-refractivity contribution in [2.75, 3.05) is 5.32 Å². The van der Waals surface area contributed by atoms with E-state index >= 15 is 0 Å². The lowest BCUT2D eigenvalue weighted by atomic mass is 10.1. The third-order valence-corrected chi connectivity index (χ3v) is 3.44. The van der Waals surface area contributed by atoms with Gasteiger partial charge in [-0.25, -0.2) is 4.98 Å². The van der Waals surface area contributed by atoms with Crippen molar-refractivity contribution in [2.45, 2.75) is 33.2 Å². The Bertz CT molecular complexity index is 563. The Kier molecular flexibility index (Phi) is 3.26. The summed E-state index contributed by atoms with van der Waals surface area (Å²) in [6, 6.07) is 1.82. The summed E-state index contributed by atoms with van der Waals surface area (Å²) in [7, 11) is 0. The summed E-state index contributed by atoms with van der Waals surface area (Å²) < 4.78 is 2.02. The molecule has 0 saturated carbocycles. The molecule has 0 aliphatic rings. The fourth-order valence-corrected chi connectivity index (χ4v) is 2.21. The number of hydrogen-bond acceptors (Lipinski definition) is 3. The van der Waals surface area contributed by atoms with Gasteiger partial charge >= 0.3 is 0 Å². The van der Waals surface area contributed by atoms with Crippen molar-refractivity contribution in [3.05, 3.63) is 35.1 Å². The van der Waals surface area contributed by atoms with E-state index in [1.165, 1.54) is 11.3 Å². The van der Waals surface area contributed by atoms with E-state index in [-0.39, 0.29) is 11.4 Å². The Hall–Kier alpha value is -1.62. The standard InChI is InChI=1S/C13H17N3OS/c1-9-8-18-12(14-9)15-11(17)10-5-6-16(7-10)13(2,3)4/h5-8H,1-4H3,(H,14,15,17). The molecule has 0 atom stereocenters. The molecule has 0 radical (unpaired) electrons. The smallest absolute Gasteiger partial charge is 0.258 e. The van der Waals surface area contributed by atoms with Gasteiger partial charge in [0.15, 0.2) is 5.13 Å². The van der Waals surface area contributed by atoms with Gasteiger partial charge < -0.3 is 4.57 Å². The molecule has 0 fully saturated rings. The van der Waals surface area contributed by atoms with Gasteiger partial charge in [-0.2, -0.15) is 0 Å². The van der Waals surface area contributed by atoms with Crippen LogP contribution in [-0.4, -0.2) is 15.5 Å². The van der Waals surface area contributed by atoms with E-state index in [1.807, 2.05) is 35.3 Å². The molecule has 2 aromatic heterocycles. The second-order valence-electron chi connectivity index (χ2n) is 5.23. The number of amides is 1. The van der Waals surface area contributed by atoms with Gasteiger partial charge in [0, 0.05) is 23.3 Å². The number of rotatable bonds is 2. The third-order valence-electron chi connectivity index (χ3n) is 2.57. The van der Waals surface area contributed by atoms with Crippen molar-refractivity contribution in [2.24, 2.45) is 0 Å². The SMILES string of the molecule is Cc1csc(NC(=O)c2ccn(C(C)(C)C)c2)n1. The van der Waals surface area contributed by atoms with Gasteiger partial charge in [0.05, 0.1) is 11.3 Å². The van der Waals surface area contributed by atoms with Gasteiger partial charge in [0.1, 0.15) is 0 Å². The number of carbonyl (C=O) groups excluding carboxylic acids is 1. The zero-order valence-electron chi connectivity index (χ0n) is 11.0. The Labute approximate surface area is 111 Å². The summed E-state index contributed by atoms with van der Waals surface area (Å²) in [5.41, 5.74) is 1.55. The minimum atomic E-state index is -0.118. The van der Waals surface area contributed by atoms with Crippen LogP contribution in [0.25, 0.3) is 0 Å². The van der Waals surface area contributed by atoms with Crippen molar-refractivity contribution < 1.29 is 4.79 Å². The number of aromatic nitrogens is 2. The minimum absolute atomic E-state index is 0.0176. The summed E-state index contributed by atoms with van der Waals surface area (Å²) in [6.45, 7) is 8.19. The van der Waals surface area contributed by atoms with Gasteiger partial charge in [0.2, 0.25) is 0 Å². The highest BCUT2D eigenvalue weighted by Crippen LogP contribution is 2.18. The molecular formula is C13H17N3OS. The van der Waals surface area contributed by atoms with Crippen molar-refractivity contribution in [1.29, 1.82) is 0 Å². The number of nitrogens with zero attached hydrogens (tertiary/aromatic N) is 2. The van der Waals surface area contributed by atoms with Crippen LogP contribution in [0.2, 0.25) is 0 Å². The number of anilines is 1. The molecule has 0 unspecified atom stereocenters. The molecule has 0 aliphatic heterocycles. The Morgan fingerprint density at radius 3 is 2.67 bits per heavy atom. The summed E-state index contributed by atoms with van der Waals surface area (Å²) in [6.07, 6.45) is 3.78. The Balaban J connectivity index is 2.12. The summed E-state index contributed by atoms with van der Waals surface area (Å²) in [4.78, 5) is 16.2. The van der Waals surface area contributed by atoms with E-state index in [9.17, 15) is 4.79 Å². The van der Waals surface area contributed by atoms with E-state index in [0.29, 0.717) is 10.7 Å². The van der Waals surface area contributed by atoms with E-state index in [2.05, 4.69) is 31.1 Å². The van der Waals surface area contributed by atoms with Crippen LogP contribution in [-0.2, 0) is 5.54 Å². The Morgan fingerprint density at radius 1 is 1.44 bits per heavy atom. The molecule has 0 bridgehead atoms. The van der Waals surface area contributed by atoms with Crippen LogP contribution in [0.5, 0.6) is 0 Å². The predicted octanol–water partition coefficient (Wildman–Crippen LogP) is 3.26. The van der Waals surface area contributed by atoms with E-state index in [1.54, 1.807) is 0 Å². The van der Waals surface area contributed by atoms with Crippen LogP contribution in [0.15, 0.2) is 23.8 Å². The van der Waals surface area contributed by atoms with Crippen LogP contribution >= 0.6 is 11.3 Å². The molecule has 18 heavy (non-hydrogen) atoms. The zero-order valence-corrected chi connectivity index (χ0v) is 11.8. The zero-order chi connectivity index (χ0) is 13.3. The monoisotopic (exact) mass is 263 g/mol. The first kappa shape index (κ1) is 12.8. The number of hydrogen-bond donors (Lipinski definition) is 1. The fraction of sp³-hybridized carbons (Fsp3) is 0.385. The molecule has 2 rings (SSSR count). The lowest BCUT2D eigenvalue weighted by molar-refractivity contribution is 0.102. The van der Waals surface area contributed by atoms with Crippen LogP contribution in [0, 0.1) is 6.92 Å². The highest BCUT2D eigenvalue weighted by atomic mass is 32.1. The highest BCUT2D eigenvalue weighted by molar-refractivity contribution is 7.13. The van der Waals surface area contributed by atoms with Gasteiger partial charge in [-0.3, -0.25) is 10.1 Å². The minimum Gasteiger partial charge on any atom is -0.348 e. The number of carbonyl (C=O) groups is 1. The lowest BCUT2D eigenvalue weighted by Gasteiger charge is -2.20. The quantitative estimate of drug-likeness (QED) is 0.904. The van der Waals surface area contributed by atoms with Gasteiger partial charge in [-0.05, 0) is 33.8 Å². The first-order valence-corrected chi connectivity index (χ1v) is 6.66. The Morgan fingerprint density at radius 2 is 2.17 bits per heavy atom. The van der Waals surface area contributed by atoms with Crippen molar-refractivity contribution in [3.8, 4) is 0 Å². The molecule has 4 nitrogen and oxygen atoms in total. The molecular weight excluding hydrogens is 246 g/mol. The lowest BCUT2D eigenvalue weighted by Crippen LogP contribution is -2.20. The average Bonchev–Trinajstić information content (AvgIpc) is 2.85. The molecule has 5 heteroatoms. The summed E-state index contributed by atoms with van der Waals surface area (Å²) >= 11 is 1.44. The highest BCUT2D eigenvalue weighted by Gasteiger charge is 2.15. The fourth-order valence-electron chi connectivity index (χ4n) is 1.53. The average molecular weight is 263 g/mol. The molecule has 1 N–H and O–H groups in total. The summed E-state index contributed by atoms with van der Waals surface area (Å²) in [5, 5.41) is 5.35. The topological polar surface area (TPSA) is 46.9 Å². The molecule has 0 aromatic carbocycles. The molecule has 0 saturated heterocycles. The maximum atomic E-state index is 12.0. The second-order valence-corrected chi connectivity index (χ2v) is 6.08. The molecule has 2 aromatic rings. The molecule has 1 amide bonds. The van der Waals surface area contributed by atoms with E-state index < -0.39 is 0 Å². The van der Waals surface area contributed by atoms with Gasteiger partial charge in [-0.1, -0.05) is 0 Å². The summed E-state index contributed by atoms with van der Waals surface area (Å²) in [5.74, 6) is -0.118.